The fourth-order valence-corrected chi connectivity index (χ4v) is 2.56. The summed E-state index contributed by atoms with van der Waals surface area (Å²) in [6, 6.07) is 0.648. The summed E-state index contributed by atoms with van der Waals surface area (Å²) >= 11 is 0. The number of hydrogen-bond acceptors (Lipinski definition) is 3. The molecule has 1 aliphatic rings. The highest BCUT2D eigenvalue weighted by atomic mass is 16.3. The fourth-order valence-electron chi connectivity index (χ4n) is 2.56. The summed E-state index contributed by atoms with van der Waals surface area (Å²) in [5, 5.41) is 8.96. The van der Waals surface area contributed by atoms with E-state index in [4.69, 9.17) is 10.8 Å². The molecule has 1 amide bonds. The average molecular weight is 270 g/mol. The van der Waals surface area contributed by atoms with Crippen molar-refractivity contribution in [3.05, 3.63) is 0 Å². The van der Waals surface area contributed by atoms with Crippen LogP contribution in [0.15, 0.2) is 0 Å². The van der Waals surface area contributed by atoms with E-state index < -0.39 is 0 Å². The van der Waals surface area contributed by atoms with Gasteiger partial charge in [0, 0.05) is 31.2 Å². The van der Waals surface area contributed by atoms with Gasteiger partial charge in [-0.15, -0.1) is 0 Å². The lowest BCUT2D eigenvalue weighted by Crippen LogP contribution is -2.47. The second-order valence-corrected chi connectivity index (χ2v) is 6.00. The van der Waals surface area contributed by atoms with Crippen LogP contribution < -0.4 is 5.73 Å². The molecule has 0 radical (unpaired) electrons. The van der Waals surface area contributed by atoms with Gasteiger partial charge in [0.1, 0.15) is 0 Å². The van der Waals surface area contributed by atoms with Crippen LogP contribution in [0.1, 0.15) is 58.8 Å². The highest BCUT2D eigenvalue weighted by Gasteiger charge is 2.30. The summed E-state index contributed by atoms with van der Waals surface area (Å²) in [5.74, 6) is 0.348. The van der Waals surface area contributed by atoms with E-state index in [9.17, 15) is 4.79 Å². The first-order valence-electron chi connectivity index (χ1n) is 7.73. The Balaban J connectivity index is 2.40. The quantitative estimate of drug-likeness (QED) is 0.672. The van der Waals surface area contributed by atoms with Gasteiger partial charge in [-0.2, -0.15) is 0 Å². The number of carbonyl (C=O) groups excluding carboxylic acids is 1. The number of aliphatic hydroxyl groups excluding tert-OH is 1. The predicted octanol–water partition coefficient (Wildman–Crippen LogP) is 1.90. The topological polar surface area (TPSA) is 66.6 Å². The summed E-state index contributed by atoms with van der Waals surface area (Å²) in [5.41, 5.74) is 5.74. The first-order chi connectivity index (χ1) is 9.06. The standard InChI is InChI=1S/C15H30N2O2/c1-12(6-3-7-13(2)16)15(19)17(10-5-11-18)14-8-4-9-14/h12-14,18H,3-11,16H2,1-2H3. The predicted molar refractivity (Wildman–Crippen MR) is 77.7 cm³/mol. The number of nitrogens with zero attached hydrogens (tertiary/aromatic N) is 1. The monoisotopic (exact) mass is 270 g/mol. The number of nitrogens with two attached hydrogens (primary N) is 1. The van der Waals surface area contributed by atoms with E-state index in [-0.39, 0.29) is 24.5 Å². The molecule has 3 N–H and O–H groups in total. The van der Waals surface area contributed by atoms with Crippen LogP contribution in [-0.4, -0.2) is 41.1 Å². The number of amides is 1. The summed E-state index contributed by atoms with van der Waals surface area (Å²) in [6.45, 7) is 4.90. The molecule has 0 aliphatic heterocycles. The van der Waals surface area contributed by atoms with Gasteiger partial charge in [-0.1, -0.05) is 13.3 Å². The van der Waals surface area contributed by atoms with Crippen molar-refractivity contribution in [1.29, 1.82) is 0 Å². The molecule has 4 heteroatoms. The van der Waals surface area contributed by atoms with Crippen molar-refractivity contribution < 1.29 is 9.90 Å². The SMILES string of the molecule is CC(N)CCCC(C)C(=O)N(CCCO)C1CCC1. The van der Waals surface area contributed by atoms with Crippen LogP contribution in [0, 0.1) is 5.92 Å². The van der Waals surface area contributed by atoms with Gasteiger partial charge in [0.2, 0.25) is 5.91 Å². The minimum absolute atomic E-state index is 0.0815. The first-order valence-corrected chi connectivity index (χ1v) is 7.73. The molecular weight excluding hydrogens is 240 g/mol. The molecule has 0 aromatic carbocycles. The van der Waals surface area contributed by atoms with Gasteiger partial charge in [-0.25, -0.2) is 0 Å². The molecule has 1 aliphatic carbocycles. The van der Waals surface area contributed by atoms with E-state index in [0.29, 0.717) is 19.0 Å². The molecule has 112 valence electrons. The Morgan fingerprint density at radius 2 is 2.00 bits per heavy atom. The van der Waals surface area contributed by atoms with Gasteiger partial charge in [-0.05, 0) is 45.4 Å². The van der Waals surface area contributed by atoms with Crippen LogP contribution >= 0.6 is 0 Å². The second kappa shape index (κ2) is 8.54. The van der Waals surface area contributed by atoms with E-state index >= 15 is 0 Å². The third kappa shape index (κ3) is 5.49. The molecule has 0 spiro atoms. The minimum Gasteiger partial charge on any atom is -0.396 e. The van der Waals surface area contributed by atoms with Gasteiger partial charge in [0.15, 0.2) is 0 Å². The molecule has 1 fully saturated rings. The smallest absolute Gasteiger partial charge is 0.225 e. The Morgan fingerprint density at radius 1 is 1.32 bits per heavy atom. The lowest BCUT2D eigenvalue weighted by molar-refractivity contribution is -0.139. The molecular formula is C15H30N2O2. The molecule has 2 atom stereocenters. The van der Waals surface area contributed by atoms with E-state index in [2.05, 4.69) is 0 Å². The normalized spacial score (nSPS) is 18.7. The summed E-state index contributed by atoms with van der Waals surface area (Å²) in [4.78, 5) is 14.5. The average Bonchev–Trinajstić information content (AvgIpc) is 2.30. The molecule has 2 unspecified atom stereocenters. The van der Waals surface area contributed by atoms with Gasteiger partial charge in [0.25, 0.3) is 0 Å². The van der Waals surface area contributed by atoms with Gasteiger partial charge in [0.05, 0.1) is 0 Å². The largest absolute Gasteiger partial charge is 0.396 e. The molecule has 0 bridgehead atoms. The maximum Gasteiger partial charge on any atom is 0.225 e. The van der Waals surface area contributed by atoms with E-state index in [1.165, 1.54) is 6.42 Å². The minimum atomic E-state index is 0.0815. The fraction of sp³-hybridized carbons (Fsp3) is 0.933. The second-order valence-electron chi connectivity index (χ2n) is 6.00. The number of rotatable bonds is 9. The lowest BCUT2D eigenvalue weighted by atomic mass is 9.89. The Morgan fingerprint density at radius 3 is 2.47 bits per heavy atom. The first kappa shape index (κ1) is 16.4. The summed E-state index contributed by atoms with van der Waals surface area (Å²) in [6.07, 6.45) is 7.10. The summed E-state index contributed by atoms with van der Waals surface area (Å²) in [7, 11) is 0. The van der Waals surface area contributed by atoms with Crippen LogP contribution in [-0.2, 0) is 4.79 Å². The maximum atomic E-state index is 12.5. The number of aliphatic hydroxyl groups is 1. The van der Waals surface area contributed by atoms with Crippen molar-refractivity contribution in [1.82, 2.24) is 4.90 Å². The number of carbonyl (C=O) groups is 1. The third-order valence-electron chi connectivity index (χ3n) is 4.07. The Labute approximate surface area is 117 Å². The Bertz CT molecular complexity index is 265. The number of hydrogen-bond donors (Lipinski definition) is 2. The molecule has 0 aromatic heterocycles. The van der Waals surface area contributed by atoms with Crippen molar-refractivity contribution in [2.45, 2.75) is 70.9 Å². The summed E-state index contributed by atoms with van der Waals surface area (Å²) < 4.78 is 0. The molecule has 4 nitrogen and oxygen atoms in total. The van der Waals surface area contributed by atoms with E-state index in [0.717, 1.165) is 32.1 Å². The van der Waals surface area contributed by atoms with Gasteiger partial charge in [-0.3, -0.25) is 4.79 Å². The van der Waals surface area contributed by atoms with E-state index in [1.54, 1.807) is 0 Å². The van der Waals surface area contributed by atoms with Crippen LogP contribution in [0.2, 0.25) is 0 Å². The van der Waals surface area contributed by atoms with Crippen molar-refractivity contribution in [2.75, 3.05) is 13.2 Å². The van der Waals surface area contributed by atoms with Gasteiger partial charge >= 0.3 is 0 Å². The molecule has 1 saturated carbocycles. The maximum absolute atomic E-state index is 12.5. The van der Waals surface area contributed by atoms with Gasteiger partial charge < -0.3 is 15.7 Å². The van der Waals surface area contributed by atoms with Crippen molar-refractivity contribution in [3.63, 3.8) is 0 Å². The Hall–Kier alpha value is -0.610. The van der Waals surface area contributed by atoms with Crippen molar-refractivity contribution in [2.24, 2.45) is 11.7 Å². The molecule has 19 heavy (non-hydrogen) atoms. The lowest BCUT2D eigenvalue weighted by Gasteiger charge is -2.39. The zero-order chi connectivity index (χ0) is 14.3. The molecule has 1 rings (SSSR count). The van der Waals surface area contributed by atoms with Crippen molar-refractivity contribution >= 4 is 5.91 Å². The van der Waals surface area contributed by atoms with Crippen LogP contribution in [0.5, 0.6) is 0 Å². The zero-order valence-corrected chi connectivity index (χ0v) is 12.5. The van der Waals surface area contributed by atoms with Crippen LogP contribution in [0.3, 0.4) is 0 Å². The molecule has 0 aromatic rings. The highest BCUT2D eigenvalue weighted by Crippen LogP contribution is 2.27. The zero-order valence-electron chi connectivity index (χ0n) is 12.5. The van der Waals surface area contributed by atoms with Crippen molar-refractivity contribution in [3.8, 4) is 0 Å². The highest BCUT2D eigenvalue weighted by molar-refractivity contribution is 5.78. The molecule has 0 saturated heterocycles. The molecule has 0 heterocycles. The van der Waals surface area contributed by atoms with E-state index in [1.807, 2.05) is 18.7 Å². The third-order valence-corrected chi connectivity index (χ3v) is 4.07. The van der Waals surface area contributed by atoms with Crippen LogP contribution in [0.25, 0.3) is 0 Å². The van der Waals surface area contributed by atoms with Crippen LogP contribution in [0.4, 0.5) is 0 Å². The Kier molecular flexibility index (Phi) is 7.39.